The summed E-state index contributed by atoms with van der Waals surface area (Å²) in [6, 6.07) is 3.19. The number of nitro groups is 1. The van der Waals surface area contributed by atoms with Gasteiger partial charge in [-0.1, -0.05) is 15.9 Å². The molecule has 1 aliphatic rings. The Labute approximate surface area is 118 Å². The van der Waals surface area contributed by atoms with Gasteiger partial charge in [0.05, 0.1) is 4.92 Å². The average Bonchev–Trinajstić information content (AvgIpc) is 2.69. The molecule has 6 nitrogen and oxygen atoms in total. The van der Waals surface area contributed by atoms with Crippen LogP contribution >= 0.6 is 15.9 Å². The molecule has 1 aromatic rings. The molecule has 0 spiro atoms. The van der Waals surface area contributed by atoms with Gasteiger partial charge in [-0.2, -0.15) is 0 Å². The maximum Gasteiger partial charge on any atom is 0.294 e. The molecule has 19 heavy (non-hydrogen) atoms. The highest BCUT2D eigenvalue weighted by Crippen LogP contribution is 2.37. The molecular weight excluding hydrogens is 314 g/mol. The monoisotopic (exact) mass is 327 g/mol. The predicted molar refractivity (Wildman–Crippen MR) is 75.0 cm³/mol. The Morgan fingerprint density at radius 1 is 1.58 bits per heavy atom. The van der Waals surface area contributed by atoms with E-state index >= 15 is 0 Å². The van der Waals surface area contributed by atoms with E-state index < -0.39 is 4.92 Å². The van der Waals surface area contributed by atoms with Crippen LogP contribution in [0.15, 0.2) is 16.6 Å². The number of rotatable bonds is 3. The SMILES string of the molecule is Cc1cc(Br)cc([N+](=O)[O-])c1N1CC(CN)CC1=O. The fourth-order valence-corrected chi connectivity index (χ4v) is 2.92. The standard InChI is InChI=1S/C12H14BrN3O3/c1-7-2-9(13)4-10(16(18)19)12(7)15-6-8(5-14)3-11(15)17/h2,4,8H,3,5-6,14H2,1H3. The zero-order valence-corrected chi connectivity index (χ0v) is 12.0. The van der Waals surface area contributed by atoms with Crippen LogP contribution in [0, 0.1) is 23.0 Å². The second-order valence-corrected chi connectivity index (χ2v) is 5.57. The summed E-state index contributed by atoms with van der Waals surface area (Å²) < 4.78 is 0.627. The van der Waals surface area contributed by atoms with Crippen LogP contribution in [0.1, 0.15) is 12.0 Å². The number of amides is 1. The molecule has 0 bridgehead atoms. The lowest BCUT2D eigenvalue weighted by molar-refractivity contribution is -0.384. The van der Waals surface area contributed by atoms with Gasteiger partial charge < -0.3 is 10.6 Å². The van der Waals surface area contributed by atoms with Gasteiger partial charge in [0.2, 0.25) is 5.91 Å². The van der Waals surface area contributed by atoms with Crippen LogP contribution in [-0.4, -0.2) is 23.9 Å². The van der Waals surface area contributed by atoms with Gasteiger partial charge in [-0.05, 0) is 31.0 Å². The number of hydrogen-bond donors (Lipinski definition) is 1. The van der Waals surface area contributed by atoms with Crippen molar-refractivity contribution in [3.63, 3.8) is 0 Å². The molecule has 1 amide bonds. The van der Waals surface area contributed by atoms with Crippen LogP contribution in [0.4, 0.5) is 11.4 Å². The second kappa shape index (κ2) is 5.26. The summed E-state index contributed by atoms with van der Waals surface area (Å²) in [5, 5.41) is 11.2. The third kappa shape index (κ3) is 2.62. The molecule has 1 fully saturated rings. The van der Waals surface area contributed by atoms with E-state index in [-0.39, 0.29) is 17.5 Å². The second-order valence-electron chi connectivity index (χ2n) is 4.66. The van der Waals surface area contributed by atoms with Gasteiger partial charge in [-0.25, -0.2) is 0 Å². The van der Waals surface area contributed by atoms with Crippen LogP contribution in [-0.2, 0) is 4.79 Å². The smallest absolute Gasteiger partial charge is 0.294 e. The first-order chi connectivity index (χ1) is 8.93. The Morgan fingerprint density at radius 3 is 2.79 bits per heavy atom. The number of nitrogens with two attached hydrogens (primary N) is 1. The van der Waals surface area contributed by atoms with E-state index in [9.17, 15) is 14.9 Å². The first-order valence-electron chi connectivity index (χ1n) is 5.89. The lowest BCUT2D eigenvalue weighted by Crippen LogP contribution is -2.27. The number of carbonyl (C=O) groups is 1. The van der Waals surface area contributed by atoms with E-state index in [2.05, 4.69) is 15.9 Å². The fraction of sp³-hybridized carbons (Fsp3) is 0.417. The molecule has 1 atom stereocenters. The van der Waals surface area contributed by atoms with E-state index in [0.29, 0.717) is 35.2 Å². The van der Waals surface area contributed by atoms with Crippen LogP contribution < -0.4 is 10.6 Å². The fourth-order valence-electron chi connectivity index (χ4n) is 2.36. The number of hydrogen-bond acceptors (Lipinski definition) is 4. The first kappa shape index (κ1) is 14.0. The van der Waals surface area contributed by atoms with Crippen LogP contribution in [0.2, 0.25) is 0 Å². The van der Waals surface area contributed by atoms with Gasteiger partial charge in [0.1, 0.15) is 5.69 Å². The van der Waals surface area contributed by atoms with Crippen molar-refractivity contribution in [2.75, 3.05) is 18.0 Å². The molecule has 1 heterocycles. The number of carbonyl (C=O) groups excluding carboxylic acids is 1. The van der Waals surface area contributed by atoms with E-state index in [1.54, 1.807) is 13.0 Å². The van der Waals surface area contributed by atoms with Crippen LogP contribution in [0.3, 0.4) is 0 Å². The topological polar surface area (TPSA) is 89.5 Å². The molecule has 1 unspecified atom stereocenters. The minimum Gasteiger partial charge on any atom is -0.330 e. The minimum atomic E-state index is -0.462. The quantitative estimate of drug-likeness (QED) is 0.679. The molecule has 1 aromatic carbocycles. The van der Waals surface area contributed by atoms with Crippen molar-refractivity contribution < 1.29 is 9.72 Å². The van der Waals surface area contributed by atoms with Crippen molar-refractivity contribution in [2.24, 2.45) is 11.7 Å². The van der Waals surface area contributed by atoms with Crippen molar-refractivity contribution in [2.45, 2.75) is 13.3 Å². The predicted octanol–water partition coefficient (Wildman–Crippen LogP) is 1.98. The highest BCUT2D eigenvalue weighted by atomic mass is 79.9. The third-order valence-corrected chi connectivity index (χ3v) is 3.71. The Balaban J connectivity index is 2.50. The summed E-state index contributed by atoms with van der Waals surface area (Å²) in [6.07, 6.45) is 0.350. The molecule has 1 saturated heterocycles. The highest BCUT2D eigenvalue weighted by Gasteiger charge is 2.34. The number of anilines is 1. The van der Waals surface area contributed by atoms with Gasteiger partial charge in [0, 0.05) is 23.5 Å². The summed E-state index contributed by atoms with van der Waals surface area (Å²) in [6.45, 7) is 2.61. The number of halogens is 1. The minimum absolute atomic E-state index is 0.0575. The van der Waals surface area contributed by atoms with E-state index in [0.717, 1.165) is 0 Å². The number of benzene rings is 1. The van der Waals surface area contributed by atoms with E-state index in [1.165, 1.54) is 11.0 Å². The summed E-state index contributed by atoms with van der Waals surface area (Å²) in [4.78, 5) is 24.2. The molecule has 0 saturated carbocycles. The highest BCUT2D eigenvalue weighted by molar-refractivity contribution is 9.10. The van der Waals surface area contributed by atoms with E-state index in [4.69, 9.17) is 5.73 Å². The van der Waals surface area contributed by atoms with Crippen molar-refractivity contribution >= 4 is 33.2 Å². The Kier molecular flexibility index (Phi) is 3.86. The van der Waals surface area contributed by atoms with E-state index in [1.807, 2.05) is 0 Å². The van der Waals surface area contributed by atoms with Crippen molar-refractivity contribution in [3.05, 3.63) is 32.3 Å². The molecule has 7 heteroatoms. The van der Waals surface area contributed by atoms with Crippen molar-refractivity contribution in [3.8, 4) is 0 Å². The molecule has 2 rings (SSSR count). The zero-order valence-electron chi connectivity index (χ0n) is 10.4. The third-order valence-electron chi connectivity index (χ3n) is 3.25. The molecular formula is C12H14BrN3O3. The molecule has 0 aromatic heterocycles. The van der Waals surface area contributed by atoms with Gasteiger partial charge in [-0.3, -0.25) is 14.9 Å². The van der Waals surface area contributed by atoms with Gasteiger partial charge in [-0.15, -0.1) is 0 Å². The zero-order chi connectivity index (χ0) is 14.2. The molecule has 0 radical (unpaired) electrons. The summed E-state index contributed by atoms with van der Waals surface area (Å²) in [7, 11) is 0. The van der Waals surface area contributed by atoms with Crippen LogP contribution in [0.5, 0.6) is 0 Å². The summed E-state index contributed by atoms with van der Waals surface area (Å²) in [5.74, 6) is -0.0425. The Bertz CT molecular complexity index is 547. The maximum atomic E-state index is 12.0. The average molecular weight is 328 g/mol. The number of nitro benzene ring substituents is 1. The maximum absolute atomic E-state index is 12.0. The Hall–Kier alpha value is -1.47. The summed E-state index contributed by atoms with van der Waals surface area (Å²) >= 11 is 3.24. The molecule has 1 aliphatic heterocycles. The Morgan fingerprint density at radius 2 is 2.26 bits per heavy atom. The molecule has 0 aliphatic carbocycles. The molecule has 2 N–H and O–H groups in total. The van der Waals surface area contributed by atoms with Gasteiger partial charge >= 0.3 is 0 Å². The van der Waals surface area contributed by atoms with Gasteiger partial charge in [0.25, 0.3) is 5.69 Å². The lowest BCUT2D eigenvalue weighted by atomic mass is 10.1. The lowest BCUT2D eigenvalue weighted by Gasteiger charge is -2.19. The largest absolute Gasteiger partial charge is 0.330 e. The normalized spacial score (nSPS) is 19.0. The molecule has 102 valence electrons. The van der Waals surface area contributed by atoms with Gasteiger partial charge in [0.15, 0.2) is 0 Å². The number of nitrogens with zero attached hydrogens (tertiary/aromatic N) is 2. The number of aryl methyl sites for hydroxylation is 1. The van der Waals surface area contributed by atoms with Crippen molar-refractivity contribution in [1.29, 1.82) is 0 Å². The summed E-state index contributed by atoms with van der Waals surface area (Å²) in [5.41, 5.74) is 6.60. The van der Waals surface area contributed by atoms with Crippen LogP contribution in [0.25, 0.3) is 0 Å². The van der Waals surface area contributed by atoms with Crippen molar-refractivity contribution in [1.82, 2.24) is 0 Å². The first-order valence-corrected chi connectivity index (χ1v) is 6.68.